The molecule has 7 heteroatoms. The first kappa shape index (κ1) is 14.9. The van der Waals surface area contributed by atoms with E-state index in [1.807, 2.05) is 19.1 Å². The molecule has 0 spiro atoms. The maximum atomic E-state index is 12.0. The topological polar surface area (TPSA) is 85.1 Å². The molecule has 20 heavy (non-hydrogen) atoms. The summed E-state index contributed by atoms with van der Waals surface area (Å²) in [4.78, 5) is 16.3. The number of thiazole rings is 1. The molecule has 2 unspecified atom stereocenters. The van der Waals surface area contributed by atoms with Crippen molar-refractivity contribution in [3.63, 3.8) is 0 Å². The fourth-order valence-corrected chi connectivity index (χ4v) is 3.67. The van der Waals surface area contributed by atoms with Crippen molar-refractivity contribution in [2.24, 2.45) is 0 Å². The summed E-state index contributed by atoms with van der Waals surface area (Å²) < 4.78 is 12.7. The van der Waals surface area contributed by atoms with Crippen LogP contribution in [0.3, 0.4) is 0 Å². The van der Waals surface area contributed by atoms with Gasteiger partial charge < -0.3 is 11.1 Å². The lowest BCUT2D eigenvalue weighted by Crippen LogP contribution is -2.30. The minimum atomic E-state index is -1.15. The predicted molar refractivity (Wildman–Crippen MR) is 85.4 cm³/mol. The maximum Gasteiger partial charge on any atom is 0.241 e. The summed E-state index contributed by atoms with van der Waals surface area (Å²) in [7, 11) is -1.15. The van der Waals surface area contributed by atoms with Crippen LogP contribution in [0.4, 0.5) is 10.8 Å². The van der Waals surface area contributed by atoms with E-state index in [0.29, 0.717) is 16.6 Å². The number of nitrogens with one attached hydrogen (secondary N) is 1. The third-order valence-corrected chi connectivity index (χ3v) is 5.56. The van der Waals surface area contributed by atoms with E-state index in [9.17, 15) is 9.00 Å². The van der Waals surface area contributed by atoms with E-state index >= 15 is 0 Å². The molecule has 5 nitrogen and oxygen atoms in total. The van der Waals surface area contributed by atoms with Gasteiger partial charge in [0.05, 0.1) is 10.2 Å². The van der Waals surface area contributed by atoms with E-state index in [4.69, 9.17) is 5.73 Å². The van der Waals surface area contributed by atoms with Gasteiger partial charge in [0.2, 0.25) is 5.91 Å². The Morgan fingerprint density at radius 2 is 2.30 bits per heavy atom. The summed E-state index contributed by atoms with van der Waals surface area (Å²) in [6.45, 7) is 3.62. The normalized spacial score (nSPS) is 14.1. The van der Waals surface area contributed by atoms with Crippen LogP contribution in [0.1, 0.15) is 20.3 Å². The van der Waals surface area contributed by atoms with E-state index in [-0.39, 0.29) is 5.91 Å². The van der Waals surface area contributed by atoms with Gasteiger partial charge in [0.15, 0.2) is 5.13 Å². The van der Waals surface area contributed by atoms with Crippen LogP contribution in [-0.2, 0) is 15.6 Å². The number of amides is 1. The Bertz CT molecular complexity index is 654. The van der Waals surface area contributed by atoms with Gasteiger partial charge >= 0.3 is 0 Å². The zero-order chi connectivity index (χ0) is 14.7. The molecule has 3 N–H and O–H groups in total. The molecular weight excluding hydrogens is 294 g/mol. The molecule has 108 valence electrons. The Labute approximate surface area is 124 Å². The number of rotatable bonds is 5. The van der Waals surface area contributed by atoms with Crippen LogP contribution in [0.2, 0.25) is 0 Å². The lowest BCUT2D eigenvalue weighted by Gasteiger charge is -2.09. The molecular formula is C13H17N3O2S2. The van der Waals surface area contributed by atoms with Crippen molar-refractivity contribution in [2.45, 2.75) is 25.5 Å². The SMILES string of the molecule is CCCS(=O)C(C)C(=O)Nc1nc2ccc(N)cc2s1. The summed E-state index contributed by atoms with van der Waals surface area (Å²) >= 11 is 1.36. The zero-order valence-electron chi connectivity index (χ0n) is 11.4. The van der Waals surface area contributed by atoms with Gasteiger partial charge in [0.1, 0.15) is 5.25 Å². The smallest absolute Gasteiger partial charge is 0.241 e. The molecule has 0 aliphatic heterocycles. The number of anilines is 2. The summed E-state index contributed by atoms with van der Waals surface area (Å²) in [6, 6.07) is 5.41. The van der Waals surface area contributed by atoms with Crippen molar-refractivity contribution >= 4 is 49.1 Å². The molecule has 1 aromatic carbocycles. The number of fused-ring (bicyclic) bond motifs is 1. The summed E-state index contributed by atoms with van der Waals surface area (Å²) in [5.41, 5.74) is 7.16. The number of benzene rings is 1. The van der Waals surface area contributed by atoms with Gasteiger partial charge in [-0.05, 0) is 31.5 Å². The quantitative estimate of drug-likeness (QED) is 0.830. The van der Waals surface area contributed by atoms with Gasteiger partial charge in [-0.3, -0.25) is 9.00 Å². The largest absolute Gasteiger partial charge is 0.399 e. The lowest BCUT2D eigenvalue weighted by molar-refractivity contribution is -0.115. The molecule has 0 bridgehead atoms. The average Bonchev–Trinajstić information content (AvgIpc) is 2.79. The number of nitrogens with two attached hydrogens (primary N) is 1. The van der Waals surface area contributed by atoms with Crippen LogP contribution in [0, 0.1) is 0 Å². The van der Waals surface area contributed by atoms with Crippen molar-refractivity contribution in [3.05, 3.63) is 18.2 Å². The molecule has 1 aromatic heterocycles. The fraction of sp³-hybridized carbons (Fsp3) is 0.385. The van der Waals surface area contributed by atoms with Crippen molar-refractivity contribution in [1.29, 1.82) is 0 Å². The van der Waals surface area contributed by atoms with Crippen LogP contribution in [0.15, 0.2) is 18.2 Å². The number of hydrogen-bond donors (Lipinski definition) is 2. The van der Waals surface area contributed by atoms with Gasteiger partial charge in [-0.2, -0.15) is 0 Å². The Morgan fingerprint density at radius 1 is 1.55 bits per heavy atom. The lowest BCUT2D eigenvalue weighted by atomic mass is 10.3. The molecule has 0 aliphatic carbocycles. The molecule has 1 heterocycles. The molecule has 0 saturated heterocycles. The highest BCUT2D eigenvalue weighted by molar-refractivity contribution is 7.86. The Hall–Kier alpha value is -1.47. The highest BCUT2D eigenvalue weighted by Gasteiger charge is 2.20. The highest BCUT2D eigenvalue weighted by atomic mass is 32.2. The number of carbonyl (C=O) groups is 1. The average molecular weight is 311 g/mol. The molecule has 2 atom stereocenters. The predicted octanol–water partition coefficient (Wildman–Crippen LogP) is 2.36. The number of aromatic nitrogens is 1. The van der Waals surface area contributed by atoms with Gasteiger partial charge in [-0.25, -0.2) is 4.98 Å². The number of hydrogen-bond acceptors (Lipinski definition) is 5. The standard InChI is InChI=1S/C13H17N3O2S2/c1-3-6-20(18)8(2)12(17)16-13-15-10-5-4-9(14)7-11(10)19-13/h4-5,7-8H,3,6,14H2,1-2H3,(H,15,16,17). The van der Waals surface area contributed by atoms with Crippen LogP contribution >= 0.6 is 11.3 Å². The molecule has 0 radical (unpaired) electrons. The zero-order valence-corrected chi connectivity index (χ0v) is 13.0. The van der Waals surface area contributed by atoms with Crippen LogP contribution in [-0.4, -0.2) is 26.1 Å². The van der Waals surface area contributed by atoms with Gasteiger partial charge in [0.25, 0.3) is 0 Å². The van der Waals surface area contributed by atoms with Crippen LogP contribution in [0.25, 0.3) is 10.2 Å². The summed E-state index contributed by atoms with van der Waals surface area (Å²) in [6.07, 6.45) is 0.796. The first-order valence-electron chi connectivity index (χ1n) is 6.35. The highest BCUT2D eigenvalue weighted by Crippen LogP contribution is 2.27. The summed E-state index contributed by atoms with van der Waals surface area (Å²) in [5.74, 6) is 0.272. The molecule has 1 amide bonds. The van der Waals surface area contributed by atoms with E-state index < -0.39 is 16.0 Å². The molecule has 2 aromatic rings. The monoisotopic (exact) mass is 311 g/mol. The van der Waals surface area contributed by atoms with Gasteiger partial charge in [-0.15, -0.1) is 0 Å². The molecule has 0 aliphatic rings. The van der Waals surface area contributed by atoms with Gasteiger partial charge in [0, 0.05) is 22.2 Å². The third kappa shape index (κ3) is 3.34. The Kier molecular flexibility index (Phi) is 4.72. The van der Waals surface area contributed by atoms with Crippen molar-refractivity contribution < 1.29 is 9.00 Å². The maximum absolute atomic E-state index is 12.0. The van der Waals surface area contributed by atoms with Crippen molar-refractivity contribution in [3.8, 4) is 0 Å². The number of nitrogens with zero attached hydrogens (tertiary/aromatic N) is 1. The van der Waals surface area contributed by atoms with E-state index in [2.05, 4.69) is 10.3 Å². The fourth-order valence-electron chi connectivity index (χ4n) is 1.70. The van der Waals surface area contributed by atoms with E-state index in [0.717, 1.165) is 16.6 Å². The van der Waals surface area contributed by atoms with Crippen LogP contribution in [0.5, 0.6) is 0 Å². The second-order valence-corrected chi connectivity index (χ2v) is 7.37. The molecule has 0 fully saturated rings. The van der Waals surface area contributed by atoms with Crippen molar-refractivity contribution in [2.75, 3.05) is 16.8 Å². The van der Waals surface area contributed by atoms with Crippen LogP contribution < -0.4 is 11.1 Å². The minimum Gasteiger partial charge on any atom is -0.399 e. The second-order valence-electron chi connectivity index (χ2n) is 4.46. The summed E-state index contributed by atoms with van der Waals surface area (Å²) in [5, 5.41) is 2.70. The number of carbonyl (C=O) groups excluding carboxylic acids is 1. The first-order chi connectivity index (χ1) is 9.51. The Balaban J connectivity index is 2.11. The van der Waals surface area contributed by atoms with E-state index in [1.54, 1.807) is 13.0 Å². The Morgan fingerprint density at radius 3 is 3.00 bits per heavy atom. The molecule has 2 rings (SSSR count). The minimum absolute atomic E-state index is 0.260. The third-order valence-electron chi connectivity index (χ3n) is 2.81. The second kappa shape index (κ2) is 6.32. The first-order valence-corrected chi connectivity index (χ1v) is 8.55. The number of nitrogen functional groups attached to an aromatic ring is 1. The molecule has 0 saturated carbocycles. The van der Waals surface area contributed by atoms with Crippen molar-refractivity contribution in [1.82, 2.24) is 4.98 Å². The van der Waals surface area contributed by atoms with Gasteiger partial charge in [-0.1, -0.05) is 18.3 Å². The van der Waals surface area contributed by atoms with E-state index in [1.165, 1.54) is 11.3 Å².